The Labute approximate surface area is 190 Å². The lowest BCUT2D eigenvalue weighted by Crippen LogP contribution is -2.42. The molecule has 1 fully saturated rings. The van der Waals surface area contributed by atoms with Crippen LogP contribution in [0, 0.1) is 11.6 Å². The Hall–Kier alpha value is -1.75. The van der Waals surface area contributed by atoms with Crippen LogP contribution >= 0.6 is 35.3 Å². The average Bonchev–Trinajstić information content (AvgIpc) is 3.24. The Morgan fingerprint density at radius 2 is 2.00 bits per heavy atom. The summed E-state index contributed by atoms with van der Waals surface area (Å²) in [6, 6.07) is 7.72. The van der Waals surface area contributed by atoms with E-state index in [1.165, 1.54) is 17.0 Å². The topological polar surface area (TPSA) is 56.7 Å². The van der Waals surface area contributed by atoms with Crippen molar-refractivity contribution >= 4 is 47.2 Å². The maximum Gasteiger partial charge on any atom is 0.243 e. The van der Waals surface area contributed by atoms with Crippen molar-refractivity contribution in [2.45, 2.75) is 24.8 Å². The van der Waals surface area contributed by atoms with Gasteiger partial charge in [-0.1, -0.05) is 12.1 Å². The van der Waals surface area contributed by atoms with Gasteiger partial charge in [0.2, 0.25) is 5.91 Å². The number of benzene rings is 1. The molecule has 1 aromatic heterocycles. The molecule has 158 valence electrons. The van der Waals surface area contributed by atoms with E-state index in [4.69, 9.17) is 0 Å². The lowest BCUT2D eigenvalue weighted by atomic mass is 9.95. The van der Waals surface area contributed by atoms with E-state index in [2.05, 4.69) is 15.6 Å². The van der Waals surface area contributed by atoms with Crippen LogP contribution in [0.1, 0.15) is 23.3 Å². The molecule has 2 N–H and O–H groups in total. The number of carbonyl (C=O) groups is 1. The highest BCUT2D eigenvalue weighted by molar-refractivity contribution is 14.0. The predicted octanol–water partition coefficient (Wildman–Crippen LogP) is 3.50. The first-order chi connectivity index (χ1) is 13.4. The fraction of sp³-hybridized carbons (Fsp3) is 0.400. The van der Waals surface area contributed by atoms with Gasteiger partial charge in [0.25, 0.3) is 0 Å². The molecule has 1 amide bonds. The lowest BCUT2D eigenvalue weighted by molar-refractivity contribution is -0.127. The molecule has 1 heterocycles. The quantitative estimate of drug-likeness (QED) is 0.325. The summed E-state index contributed by atoms with van der Waals surface area (Å²) >= 11 is 1.62. The van der Waals surface area contributed by atoms with Crippen LogP contribution in [0.3, 0.4) is 0 Å². The van der Waals surface area contributed by atoms with E-state index in [1.54, 1.807) is 25.4 Å². The molecule has 0 unspecified atom stereocenters. The molecular formula is C20H25F2IN4OS. The molecule has 1 saturated carbocycles. The van der Waals surface area contributed by atoms with Crippen molar-refractivity contribution in [2.24, 2.45) is 4.99 Å². The first-order valence-corrected chi connectivity index (χ1v) is 9.98. The number of hydrogen-bond donors (Lipinski definition) is 2. The third kappa shape index (κ3) is 6.36. The Kier molecular flexibility index (Phi) is 8.38. The summed E-state index contributed by atoms with van der Waals surface area (Å²) in [4.78, 5) is 18.9. The van der Waals surface area contributed by atoms with Gasteiger partial charge in [-0.15, -0.1) is 35.3 Å². The van der Waals surface area contributed by atoms with E-state index < -0.39 is 11.6 Å². The van der Waals surface area contributed by atoms with Crippen LogP contribution in [0.2, 0.25) is 0 Å². The van der Waals surface area contributed by atoms with Crippen molar-refractivity contribution in [1.82, 2.24) is 15.5 Å². The average molecular weight is 534 g/mol. The molecule has 2 aromatic rings. The second-order valence-electron chi connectivity index (χ2n) is 7.14. The third-order valence-electron chi connectivity index (χ3n) is 4.83. The highest BCUT2D eigenvalue weighted by atomic mass is 127. The first kappa shape index (κ1) is 23.5. The zero-order valence-electron chi connectivity index (χ0n) is 16.4. The summed E-state index contributed by atoms with van der Waals surface area (Å²) < 4.78 is 27.5. The molecule has 0 spiro atoms. The molecule has 1 aliphatic carbocycles. The van der Waals surface area contributed by atoms with Gasteiger partial charge in [0.15, 0.2) is 5.96 Å². The summed E-state index contributed by atoms with van der Waals surface area (Å²) in [7, 11) is 3.36. The third-order valence-corrected chi connectivity index (χ3v) is 5.71. The number of thiophene rings is 1. The van der Waals surface area contributed by atoms with Crippen molar-refractivity contribution in [3.8, 4) is 0 Å². The van der Waals surface area contributed by atoms with E-state index >= 15 is 0 Å². The fourth-order valence-corrected chi connectivity index (χ4v) is 3.56. The highest BCUT2D eigenvalue weighted by Gasteiger charge is 2.46. The van der Waals surface area contributed by atoms with Gasteiger partial charge in [-0.3, -0.25) is 4.79 Å². The number of aliphatic imine (C=N–C) groups is 1. The molecule has 3 rings (SSSR count). The number of hydrogen-bond acceptors (Lipinski definition) is 3. The van der Waals surface area contributed by atoms with Crippen LogP contribution in [0.25, 0.3) is 0 Å². The van der Waals surface area contributed by atoms with Crippen molar-refractivity contribution < 1.29 is 13.6 Å². The van der Waals surface area contributed by atoms with Crippen molar-refractivity contribution in [2.75, 3.05) is 27.2 Å². The standard InChI is InChI=1S/C20H24F2N4OS.HI/c1-26(2)18(27)12-24-19(23-11-15-4-3-9-28-15)25-13-20(7-8-20)16-6-5-14(21)10-17(16)22;/h3-6,9-10H,7-8,11-13H2,1-2H3,(H2,23,24,25);1H. The molecule has 0 atom stereocenters. The van der Waals surface area contributed by atoms with E-state index in [-0.39, 0.29) is 41.8 Å². The van der Waals surface area contributed by atoms with E-state index in [0.717, 1.165) is 23.8 Å². The van der Waals surface area contributed by atoms with Crippen LogP contribution in [0.4, 0.5) is 8.78 Å². The minimum atomic E-state index is -0.577. The van der Waals surface area contributed by atoms with Crippen molar-refractivity contribution in [1.29, 1.82) is 0 Å². The molecule has 0 radical (unpaired) electrons. The van der Waals surface area contributed by atoms with Gasteiger partial charge >= 0.3 is 0 Å². The van der Waals surface area contributed by atoms with Crippen LogP contribution in [0.5, 0.6) is 0 Å². The number of amides is 1. The van der Waals surface area contributed by atoms with Gasteiger partial charge in [-0.25, -0.2) is 13.8 Å². The second kappa shape index (κ2) is 10.3. The molecule has 1 aliphatic rings. The largest absolute Gasteiger partial charge is 0.355 e. The zero-order valence-corrected chi connectivity index (χ0v) is 19.5. The molecular weight excluding hydrogens is 509 g/mol. The molecule has 0 bridgehead atoms. The smallest absolute Gasteiger partial charge is 0.243 e. The minimum Gasteiger partial charge on any atom is -0.355 e. The lowest BCUT2D eigenvalue weighted by Gasteiger charge is -2.20. The maximum absolute atomic E-state index is 14.2. The summed E-state index contributed by atoms with van der Waals surface area (Å²) in [5.74, 6) is -0.709. The van der Waals surface area contributed by atoms with Crippen LogP contribution < -0.4 is 10.6 Å². The Balaban J connectivity index is 0.00000300. The van der Waals surface area contributed by atoms with E-state index in [0.29, 0.717) is 24.6 Å². The molecule has 5 nitrogen and oxygen atoms in total. The summed E-state index contributed by atoms with van der Waals surface area (Å²) in [5, 5.41) is 8.44. The van der Waals surface area contributed by atoms with Crippen LogP contribution in [-0.4, -0.2) is 44.0 Å². The van der Waals surface area contributed by atoms with Crippen molar-refractivity contribution in [3.05, 3.63) is 57.8 Å². The summed E-state index contributed by atoms with van der Waals surface area (Å²) in [5.41, 5.74) is 0.151. The van der Waals surface area contributed by atoms with Gasteiger partial charge in [0.05, 0.1) is 6.54 Å². The van der Waals surface area contributed by atoms with Gasteiger partial charge in [-0.2, -0.15) is 0 Å². The van der Waals surface area contributed by atoms with Crippen LogP contribution in [0.15, 0.2) is 40.7 Å². The van der Waals surface area contributed by atoms with E-state index in [9.17, 15) is 13.6 Å². The molecule has 9 heteroatoms. The molecule has 1 aromatic carbocycles. The first-order valence-electron chi connectivity index (χ1n) is 9.10. The van der Waals surface area contributed by atoms with Gasteiger partial charge in [0.1, 0.15) is 18.2 Å². The van der Waals surface area contributed by atoms with E-state index in [1.807, 2.05) is 17.5 Å². The normalized spacial score (nSPS) is 14.7. The fourth-order valence-electron chi connectivity index (χ4n) is 2.91. The number of likely N-dealkylation sites (N-methyl/N-ethyl adjacent to an activating group) is 1. The number of nitrogens with zero attached hydrogens (tertiary/aromatic N) is 2. The van der Waals surface area contributed by atoms with Crippen LogP contribution in [-0.2, 0) is 16.8 Å². The number of halogens is 3. The van der Waals surface area contributed by atoms with Gasteiger partial charge in [0, 0.05) is 37.0 Å². The predicted molar refractivity (Wildman–Crippen MR) is 123 cm³/mol. The number of carbonyl (C=O) groups excluding carboxylic acids is 1. The molecule has 29 heavy (non-hydrogen) atoms. The monoisotopic (exact) mass is 534 g/mol. The minimum absolute atomic E-state index is 0. The number of nitrogens with one attached hydrogen (secondary N) is 2. The van der Waals surface area contributed by atoms with Gasteiger partial charge < -0.3 is 15.5 Å². The summed E-state index contributed by atoms with van der Waals surface area (Å²) in [6.45, 7) is 1.06. The molecule has 0 aliphatic heterocycles. The Bertz CT molecular complexity index is 854. The zero-order chi connectivity index (χ0) is 20.1. The van der Waals surface area contributed by atoms with Gasteiger partial charge in [-0.05, 0) is 35.9 Å². The SMILES string of the molecule is CN(C)C(=O)CN=C(NCc1cccs1)NCC1(c2ccc(F)cc2F)CC1.I. The molecule has 0 saturated heterocycles. The van der Waals surface area contributed by atoms with Crippen molar-refractivity contribution in [3.63, 3.8) is 0 Å². The second-order valence-corrected chi connectivity index (χ2v) is 8.18. The maximum atomic E-state index is 14.2. The highest BCUT2D eigenvalue weighted by Crippen LogP contribution is 2.48. The number of guanidine groups is 1. The Morgan fingerprint density at radius 1 is 1.24 bits per heavy atom. The Morgan fingerprint density at radius 3 is 2.59 bits per heavy atom. The summed E-state index contributed by atoms with van der Waals surface area (Å²) in [6.07, 6.45) is 1.63. The number of rotatable bonds is 7.